The summed E-state index contributed by atoms with van der Waals surface area (Å²) in [5.74, 6) is 0.250. The average molecular weight is 355 g/mol. The van der Waals surface area contributed by atoms with Crippen LogP contribution < -0.4 is 4.90 Å². The number of carbonyl (C=O) groups is 2. The van der Waals surface area contributed by atoms with Crippen molar-refractivity contribution in [2.24, 2.45) is 0 Å². The number of aryl methyl sites for hydroxylation is 1. The molecule has 4 rings (SSSR count). The van der Waals surface area contributed by atoms with Gasteiger partial charge in [-0.2, -0.15) is 0 Å². The predicted molar refractivity (Wildman–Crippen MR) is 93.9 cm³/mol. The molecule has 3 heterocycles. The number of carbonyl (C=O) groups excluding carboxylic acids is 2. The number of hydrogen-bond acceptors (Lipinski definition) is 5. The molecule has 0 radical (unpaired) electrons. The lowest BCUT2D eigenvalue weighted by atomic mass is 9.90. The predicted octanol–water partition coefficient (Wildman–Crippen LogP) is 2.02. The number of rotatable bonds is 2. The highest BCUT2D eigenvalue weighted by molar-refractivity contribution is 5.95. The maximum absolute atomic E-state index is 12.7. The van der Waals surface area contributed by atoms with E-state index in [1.807, 2.05) is 30.3 Å². The number of morpholine rings is 1. The number of oxazole rings is 1. The number of aromatic nitrogens is 1. The van der Waals surface area contributed by atoms with Gasteiger partial charge in [-0.3, -0.25) is 9.59 Å². The Morgan fingerprint density at radius 2 is 2.04 bits per heavy atom. The van der Waals surface area contributed by atoms with Crippen molar-refractivity contribution in [3.8, 4) is 0 Å². The van der Waals surface area contributed by atoms with Crippen molar-refractivity contribution in [1.82, 2.24) is 9.88 Å². The first kappa shape index (κ1) is 16.8. The minimum atomic E-state index is -0.545. The van der Waals surface area contributed by atoms with E-state index in [1.54, 1.807) is 16.7 Å². The summed E-state index contributed by atoms with van der Waals surface area (Å²) in [5.41, 5.74) is 0.623. The maximum Gasteiger partial charge on any atom is 0.275 e. The van der Waals surface area contributed by atoms with Crippen molar-refractivity contribution in [3.63, 3.8) is 0 Å². The third-order valence-corrected chi connectivity index (χ3v) is 4.98. The Labute approximate surface area is 151 Å². The molecule has 7 nitrogen and oxygen atoms in total. The van der Waals surface area contributed by atoms with E-state index in [4.69, 9.17) is 9.15 Å². The van der Waals surface area contributed by atoms with Crippen LogP contribution in [-0.4, -0.2) is 53.5 Å². The fraction of sp³-hybridized carbons (Fsp3) is 0.421. The standard InChI is InChI=1S/C19H21N3O4/c1-14-20-16(10-25-14)18(24)21-9-5-8-19(12-21)13-22(17(23)11-26-19)15-6-3-2-4-7-15/h2-4,6-7,10H,5,8-9,11-13H2,1H3. The van der Waals surface area contributed by atoms with Crippen LogP contribution in [0.1, 0.15) is 29.2 Å². The lowest BCUT2D eigenvalue weighted by Gasteiger charge is -2.47. The van der Waals surface area contributed by atoms with Gasteiger partial charge in [-0.15, -0.1) is 0 Å². The molecule has 1 aromatic carbocycles. The fourth-order valence-corrected chi connectivity index (χ4v) is 3.70. The quantitative estimate of drug-likeness (QED) is 0.824. The van der Waals surface area contributed by atoms with Gasteiger partial charge in [0.1, 0.15) is 18.5 Å². The molecular weight excluding hydrogens is 334 g/mol. The van der Waals surface area contributed by atoms with Gasteiger partial charge in [0.2, 0.25) is 0 Å². The lowest BCUT2D eigenvalue weighted by Crippen LogP contribution is -2.62. The Balaban J connectivity index is 1.54. The van der Waals surface area contributed by atoms with E-state index in [0.717, 1.165) is 18.5 Å². The Morgan fingerprint density at radius 1 is 1.23 bits per heavy atom. The third-order valence-electron chi connectivity index (χ3n) is 4.98. The molecule has 1 spiro atoms. The number of para-hydroxylation sites is 1. The van der Waals surface area contributed by atoms with Crippen molar-refractivity contribution in [2.75, 3.05) is 31.1 Å². The molecule has 0 aliphatic carbocycles. The van der Waals surface area contributed by atoms with E-state index in [9.17, 15) is 9.59 Å². The molecule has 2 aliphatic heterocycles. The molecule has 0 saturated carbocycles. The van der Waals surface area contributed by atoms with Crippen LogP contribution in [0.4, 0.5) is 5.69 Å². The summed E-state index contributed by atoms with van der Waals surface area (Å²) in [4.78, 5) is 32.7. The summed E-state index contributed by atoms with van der Waals surface area (Å²) in [6.07, 6.45) is 3.02. The number of nitrogens with zero attached hydrogens (tertiary/aromatic N) is 3. The third kappa shape index (κ3) is 3.10. The second-order valence-electron chi connectivity index (χ2n) is 6.87. The zero-order chi connectivity index (χ0) is 18.1. The smallest absolute Gasteiger partial charge is 0.275 e. The molecular formula is C19H21N3O4. The van der Waals surface area contributed by atoms with Crippen molar-refractivity contribution in [1.29, 1.82) is 0 Å². The van der Waals surface area contributed by atoms with E-state index >= 15 is 0 Å². The van der Waals surface area contributed by atoms with Gasteiger partial charge in [-0.05, 0) is 25.0 Å². The molecule has 1 unspecified atom stereocenters. The van der Waals surface area contributed by atoms with Crippen molar-refractivity contribution >= 4 is 17.5 Å². The average Bonchev–Trinajstić information content (AvgIpc) is 3.10. The van der Waals surface area contributed by atoms with Crippen LogP contribution in [0.25, 0.3) is 0 Å². The highest BCUT2D eigenvalue weighted by Gasteiger charge is 2.44. The number of hydrogen-bond donors (Lipinski definition) is 0. The summed E-state index contributed by atoms with van der Waals surface area (Å²) in [5, 5.41) is 0. The normalized spacial score (nSPS) is 23.5. The lowest BCUT2D eigenvalue weighted by molar-refractivity contribution is -0.144. The molecule has 0 N–H and O–H groups in total. The fourth-order valence-electron chi connectivity index (χ4n) is 3.70. The second kappa shape index (κ2) is 6.57. The zero-order valence-corrected chi connectivity index (χ0v) is 14.7. The van der Waals surface area contributed by atoms with Gasteiger partial charge in [0, 0.05) is 19.2 Å². The molecule has 1 atom stereocenters. The molecule has 2 saturated heterocycles. The van der Waals surface area contributed by atoms with E-state index in [-0.39, 0.29) is 18.4 Å². The van der Waals surface area contributed by atoms with Crippen molar-refractivity contribution < 1.29 is 18.7 Å². The number of benzene rings is 1. The van der Waals surface area contributed by atoms with Gasteiger partial charge < -0.3 is 19.0 Å². The number of piperidine rings is 1. The van der Waals surface area contributed by atoms with Crippen molar-refractivity contribution in [3.05, 3.63) is 48.2 Å². The largest absolute Gasteiger partial charge is 0.448 e. The molecule has 26 heavy (non-hydrogen) atoms. The van der Waals surface area contributed by atoms with Gasteiger partial charge >= 0.3 is 0 Å². The Hall–Kier alpha value is -2.67. The molecule has 136 valence electrons. The van der Waals surface area contributed by atoms with E-state index in [2.05, 4.69) is 4.98 Å². The van der Waals surface area contributed by atoms with Crippen LogP contribution in [0.2, 0.25) is 0 Å². The highest BCUT2D eigenvalue weighted by Crippen LogP contribution is 2.32. The number of likely N-dealkylation sites (tertiary alicyclic amines) is 1. The summed E-state index contributed by atoms with van der Waals surface area (Å²) in [7, 11) is 0. The van der Waals surface area contributed by atoms with Crippen molar-refractivity contribution in [2.45, 2.75) is 25.4 Å². The second-order valence-corrected chi connectivity index (χ2v) is 6.87. The van der Waals surface area contributed by atoms with Gasteiger partial charge in [-0.25, -0.2) is 4.98 Å². The first-order chi connectivity index (χ1) is 12.6. The van der Waals surface area contributed by atoms with Crippen LogP contribution in [0.5, 0.6) is 0 Å². The number of ether oxygens (including phenoxy) is 1. The van der Waals surface area contributed by atoms with Crippen LogP contribution in [0.15, 0.2) is 41.0 Å². The minimum Gasteiger partial charge on any atom is -0.448 e. The molecule has 1 aromatic heterocycles. The van der Waals surface area contributed by atoms with E-state index in [0.29, 0.717) is 31.2 Å². The van der Waals surface area contributed by atoms with Crippen LogP contribution >= 0.6 is 0 Å². The molecule has 2 amide bonds. The first-order valence-electron chi connectivity index (χ1n) is 8.77. The molecule has 2 aromatic rings. The summed E-state index contributed by atoms with van der Waals surface area (Å²) in [6, 6.07) is 9.58. The van der Waals surface area contributed by atoms with E-state index < -0.39 is 5.60 Å². The first-order valence-corrected chi connectivity index (χ1v) is 8.77. The zero-order valence-electron chi connectivity index (χ0n) is 14.7. The van der Waals surface area contributed by atoms with Gasteiger partial charge in [0.25, 0.3) is 11.8 Å². The number of anilines is 1. The van der Waals surface area contributed by atoms with Crippen LogP contribution in [0.3, 0.4) is 0 Å². The summed E-state index contributed by atoms with van der Waals surface area (Å²) < 4.78 is 11.1. The number of amides is 2. The van der Waals surface area contributed by atoms with E-state index in [1.165, 1.54) is 6.26 Å². The molecule has 2 fully saturated rings. The van der Waals surface area contributed by atoms with Gasteiger partial charge in [-0.1, -0.05) is 18.2 Å². The Kier molecular flexibility index (Phi) is 4.24. The summed E-state index contributed by atoms with van der Waals surface area (Å²) >= 11 is 0. The Bertz CT molecular complexity index is 819. The van der Waals surface area contributed by atoms with Gasteiger partial charge in [0.15, 0.2) is 11.6 Å². The SMILES string of the molecule is Cc1nc(C(=O)N2CCCC3(C2)CN(c2ccccc2)C(=O)CO3)co1. The maximum atomic E-state index is 12.7. The van der Waals surface area contributed by atoms with Crippen LogP contribution in [-0.2, 0) is 9.53 Å². The highest BCUT2D eigenvalue weighted by atomic mass is 16.5. The summed E-state index contributed by atoms with van der Waals surface area (Å²) in [6.45, 7) is 3.27. The molecule has 2 aliphatic rings. The minimum absolute atomic E-state index is 0.0278. The van der Waals surface area contributed by atoms with Crippen LogP contribution in [0, 0.1) is 6.92 Å². The topological polar surface area (TPSA) is 75.9 Å². The molecule has 0 bridgehead atoms. The molecule has 7 heteroatoms. The van der Waals surface area contributed by atoms with Gasteiger partial charge in [0.05, 0.1) is 13.1 Å². The monoisotopic (exact) mass is 355 g/mol. The Morgan fingerprint density at radius 3 is 2.77 bits per heavy atom.